The van der Waals surface area contributed by atoms with E-state index in [1.165, 1.54) is 6.34 Å². The molecule has 0 spiro atoms. The summed E-state index contributed by atoms with van der Waals surface area (Å²) in [5.74, 6) is 6.48. The molecule has 0 aliphatic carbocycles. The Morgan fingerprint density at radius 1 is 1.77 bits per heavy atom. The minimum absolute atomic E-state index is 0. The van der Waals surface area contributed by atoms with Gasteiger partial charge in [0.05, 0.1) is 6.54 Å². The second-order valence-corrected chi connectivity index (χ2v) is 3.26. The predicted octanol–water partition coefficient (Wildman–Crippen LogP) is -4.09. The van der Waals surface area contributed by atoms with Gasteiger partial charge in [-0.1, -0.05) is 0 Å². The zero-order chi connectivity index (χ0) is 9.23. The number of alkyl halides is 1. The molecule has 4 N–H and O–H groups in total. The first-order valence-corrected chi connectivity index (χ1v) is 5.15. The van der Waals surface area contributed by atoms with Crippen LogP contribution in [0.3, 0.4) is 0 Å². The number of hydrogen-bond donors (Lipinski definition) is 3. The average Bonchev–Trinajstić information content (AvgIpc) is 2.10. The van der Waals surface area contributed by atoms with Crippen LogP contribution in [0.4, 0.5) is 0 Å². The molecule has 0 aromatic rings. The molecule has 78 valence electrons. The first kappa shape index (κ1) is 15.7. The molecule has 0 aliphatic heterocycles. The van der Waals surface area contributed by atoms with Gasteiger partial charge in [-0.15, -0.1) is 11.6 Å². The smallest absolute Gasteiger partial charge is 0.354 e. The lowest BCUT2D eigenvalue weighted by Crippen LogP contribution is -3.00. The Balaban J connectivity index is 0. The summed E-state index contributed by atoms with van der Waals surface area (Å²) < 4.78 is 0. The van der Waals surface area contributed by atoms with E-state index < -0.39 is 0 Å². The monoisotopic (exact) mass is 288 g/mol. The minimum Gasteiger partial charge on any atom is -1.00 e. The lowest BCUT2D eigenvalue weighted by Gasteiger charge is -1.89. The molecule has 0 atom stereocenters. The number of amidine groups is 1. The number of aliphatic imine (C=N–C) groups is 1. The molecular formula is C6H14BrClN4S. The van der Waals surface area contributed by atoms with Crippen molar-refractivity contribution in [3.8, 4) is 0 Å². The van der Waals surface area contributed by atoms with Gasteiger partial charge in [0.25, 0.3) is 0 Å². The molecule has 0 rings (SSSR count). The Morgan fingerprint density at radius 2 is 2.46 bits per heavy atom. The molecule has 0 bridgehead atoms. The average molecular weight is 290 g/mol. The molecule has 13 heavy (non-hydrogen) atoms. The molecule has 0 amide bonds. The van der Waals surface area contributed by atoms with E-state index in [-0.39, 0.29) is 17.0 Å². The van der Waals surface area contributed by atoms with Crippen LogP contribution >= 0.6 is 23.4 Å². The molecule has 0 saturated heterocycles. The summed E-state index contributed by atoms with van der Waals surface area (Å²) in [7, 11) is 0. The number of thioether (sulfide) groups is 1. The van der Waals surface area contributed by atoms with Crippen molar-refractivity contribution in [2.24, 2.45) is 10.8 Å². The van der Waals surface area contributed by atoms with Crippen molar-refractivity contribution in [3.05, 3.63) is 0 Å². The lowest BCUT2D eigenvalue weighted by atomic mass is 10.8. The molecule has 4 nitrogen and oxygen atoms in total. The first-order valence-electron chi connectivity index (χ1n) is 3.63. The molecule has 0 aromatic carbocycles. The third-order valence-corrected chi connectivity index (χ3v) is 2.24. The van der Waals surface area contributed by atoms with Crippen molar-refractivity contribution in [3.63, 3.8) is 0 Å². The van der Waals surface area contributed by atoms with E-state index in [0.717, 1.165) is 17.5 Å². The summed E-state index contributed by atoms with van der Waals surface area (Å²) in [5.41, 5.74) is 2.33. The van der Waals surface area contributed by atoms with Gasteiger partial charge in [-0.25, -0.2) is 5.84 Å². The maximum Gasteiger partial charge on any atom is 0.354 e. The topological polar surface area (TPSA) is 64.4 Å². The number of nitrogens with zero attached hydrogens (tertiary/aromatic N) is 1. The van der Waals surface area contributed by atoms with Crippen LogP contribution in [-0.2, 0) is 0 Å². The molecule has 0 radical (unpaired) electrons. The SMILES string of the molecule is CC[NH+]=C(/N=C/NN)SCCCl.[Br-]. The zero-order valence-corrected chi connectivity index (χ0v) is 10.5. The van der Waals surface area contributed by atoms with E-state index in [4.69, 9.17) is 17.4 Å². The number of nitrogens with one attached hydrogen (secondary N) is 2. The van der Waals surface area contributed by atoms with E-state index in [0.29, 0.717) is 5.88 Å². The maximum absolute atomic E-state index is 5.53. The number of nitrogens with two attached hydrogens (primary N) is 1. The van der Waals surface area contributed by atoms with Gasteiger partial charge in [-0.2, -0.15) is 0 Å². The van der Waals surface area contributed by atoms with Gasteiger partial charge < -0.3 is 17.0 Å². The summed E-state index contributed by atoms with van der Waals surface area (Å²) in [6.07, 6.45) is 1.43. The minimum atomic E-state index is 0. The van der Waals surface area contributed by atoms with Crippen molar-refractivity contribution in [2.75, 3.05) is 18.2 Å². The fraction of sp³-hybridized carbons (Fsp3) is 0.667. The van der Waals surface area contributed by atoms with Gasteiger partial charge in [0.15, 0.2) is 0 Å². The molecule has 0 saturated carbocycles. The second kappa shape index (κ2) is 12.2. The van der Waals surface area contributed by atoms with E-state index in [9.17, 15) is 0 Å². The van der Waals surface area contributed by atoms with Crippen molar-refractivity contribution in [2.45, 2.75) is 6.92 Å². The third-order valence-electron chi connectivity index (χ3n) is 0.900. The summed E-state index contributed by atoms with van der Waals surface area (Å²) in [6.45, 7) is 2.85. The fourth-order valence-electron chi connectivity index (χ4n) is 0.516. The Bertz CT molecular complexity index is 165. The van der Waals surface area contributed by atoms with Crippen molar-refractivity contribution in [1.82, 2.24) is 5.43 Å². The van der Waals surface area contributed by atoms with Crippen LogP contribution in [0.5, 0.6) is 0 Å². The Hall–Kier alpha value is 0.220. The standard InChI is InChI=1S/C6H13ClN4S.BrH/c1-2-9-6(10-5-11-8)12-4-3-7;/h5H,2-4,8H2,1H3,(H,9,10,11);1H. The van der Waals surface area contributed by atoms with Gasteiger partial charge in [-0.3, -0.25) is 10.4 Å². The van der Waals surface area contributed by atoms with Gasteiger partial charge in [0.1, 0.15) is 0 Å². The molecule has 0 unspecified atom stereocenters. The summed E-state index contributed by atoms with van der Waals surface area (Å²) in [6, 6.07) is 0. The molecule has 0 heterocycles. The summed E-state index contributed by atoms with van der Waals surface area (Å²) in [4.78, 5) is 7.10. The number of halogens is 2. The molecule has 0 aromatic heterocycles. The molecule has 0 aliphatic rings. The third kappa shape index (κ3) is 10.1. The van der Waals surface area contributed by atoms with Crippen LogP contribution in [0.1, 0.15) is 6.92 Å². The quantitative estimate of drug-likeness (QED) is 0.162. The number of hydrazine groups is 1. The van der Waals surface area contributed by atoms with Crippen LogP contribution in [-0.4, -0.2) is 29.7 Å². The number of rotatable bonds is 4. The van der Waals surface area contributed by atoms with Crippen LogP contribution in [0, 0.1) is 0 Å². The van der Waals surface area contributed by atoms with Crippen molar-refractivity contribution in [1.29, 1.82) is 0 Å². The Labute approximate surface area is 98.2 Å². The van der Waals surface area contributed by atoms with E-state index in [2.05, 4.69) is 15.4 Å². The van der Waals surface area contributed by atoms with Crippen molar-refractivity contribution >= 4 is 34.9 Å². The highest BCUT2D eigenvalue weighted by molar-refractivity contribution is 8.13. The Kier molecular flexibility index (Phi) is 14.7. The van der Waals surface area contributed by atoms with E-state index >= 15 is 0 Å². The second-order valence-electron chi connectivity index (χ2n) is 1.80. The highest BCUT2D eigenvalue weighted by Crippen LogP contribution is 2.00. The highest BCUT2D eigenvalue weighted by Gasteiger charge is 2.03. The summed E-state index contributed by atoms with van der Waals surface area (Å²) >= 11 is 7.09. The predicted molar refractivity (Wildman–Crippen MR) is 55.5 cm³/mol. The van der Waals surface area contributed by atoms with Crippen LogP contribution in [0.15, 0.2) is 4.99 Å². The van der Waals surface area contributed by atoms with E-state index in [1.807, 2.05) is 6.92 Å². The van der Waals surface area contributed by atoms with E-state index in [1.54, 1.807) is 11.8 Å². The highest BCUT2D eigenvalue weighted by atomic mass is 79.9. The van der Waals surface area contributed by atoms with Crippen LogP contribution < -0.4 is 33.2 Å². The molecular weight excluding hydrogens is 276 g/mol. The molecule has 0 fully saturated rings. The van der Waals surface area contributed by atoms with Crippen LogP contribution in [0.25, 0.3) is 0 Å². The first-order chi connectivity index (χ1) is 5.85. The number of hydrogen-bond acceptors (Lipinski definition) is 2. The van der Waals surface area contributed by atoms with Gasteiger partial charge in [0.2, 0.25) is 6.34 Å². The molecule has 7 heteroatoms. The van der Waals surface area contributed by atoms with Crippen molar-refractivity contribution < 1.29 is 22.0 Å². The van der Waals surface area contributed by atoms with Crippen LogP contribution in [0.2, 0.25) is 0 Å². The normalized spacial score (nSPS) is 11.5. The lowest BCUT2D eigenvalue weighted by molar-refractivity contribution is -0.449. The van der Waals surface area contributed by atoms with Gasteiger partial charge >= 0.3 is 5.17 Å². The fourth-order valence-corrected chi connectivity index (χ4v) is 1.39. The van der Waals surface area contributed by atoms with Gasteiger partial charge in [-0.05, 0) is 23.7 Å². The largest absolute Gasteiger partial charge is 1.00 e. The Morgan fingerprint density at radius 3 is 2.92 bits per heavy atom. The van der Waals surface area contributed by atoms with Gasteiger partial charge in [0, 0.05) is 11.6 Å². The zero-order valence-electron chi connectivity index (χ0n) is 7.39. The summed E-state index contributed by atoms with van der Waals surface area (Å²) in [5, 5.41) is 0.830. The maximum atomic E-state index is 5.53.